The number of carbonyl (C=O) groups excluding carboxylic acids is 2. The number of carbonyl (C=O) groups is 2. The molecule has 0 aromatic carbocycles. The van der Waals surface area contributed by atoms with Crippen LogP contribution in [0.3, 0.4) is 0 Å². The van der Waals surface area contributed by atoms with Crippen LogP contribution >= 0.6 is 0 Å². The number of ether oxygens (including phenoxy) is 1. The molecule has 0 spiro atoms. The smallest absolute Gasteiger partial charge is 0.312 e. The number of methoxy groups -OCH3 is 1. The molecule has 1 aliphatic carbocycles. The van der Waals surface area contributed by atoms with Crippen molar-refractivity contribution in [3.05, 3.63) is 0 Å². The molecule has 1 saturated carbocycles. The number of rotatable bonds is 2. The van der Waals surface area contributed by atoms with Crippen molar-refractivity contribution in [3.63, 3.8) is 0 Å². The van der Waals surface area contributed by atoms with Crippen molar-refractivity contribution in [1.29, 1.82) is 0 Å². The van der Waals surface area contributed by atoms with E-state index in [2.05, 4.69) is 5.32 Å². The third kappa shape index (κ3) is 1.60. The quantitative estimate of drug-likeness (QED) is 0.724. The molecule has 2 unspecified atom stereocenters. The van der Waals surface area contributed by atoms with E-state index in [0.29, 0.717) is 6.42 Å². The monoisotopic (exact) mass is 227 g/mol. The summed E-state index contributed by atoms with van der Waals surface area (Å²) < 4.78 is 4.86. The van der Waals surface area contributed by atoms with Crippen molar-refractivity contribution in [3.8, 4) is 0 Å². The summed E-state index contributed by atoms with van der Waals surface area (Å²) in [5.41, 5.74) is -0.945. The van der Waals surface area contributed by atoms with E-state index in [0.717, 1.165) is 6.42 Å². The molecule has 92 valence electrons. The van der Waals surface area contributed by atoms with E-state index in [9.17, 15) is 9.59 Å². The predicted molar refractivity (Wildman–Crippen MR) is 60.7 cm³/mol. The first-order valence-electron chi connectivity index (χ1n) is 5.61. The zero-order valence-electron chi connectivity index (χ0n) is 10.7. The Morgan fingerprint density at radius 2 is 1.88 bits per heavy atom. The molecule has 4 heteroatoms. The largest absolute Gasteiger partial charge is 0.469 e. The van der Waals surface area contributed by atoms with E-state index in [-0.39, 0.29) is 23.2 Å². The minimum absolute atomic E-state index is 0.0117. The van der Waals surface area contributed by atoms with Crippen LogP contribution in [0.25, 0.3) is 0 Å². The lowest BCUT2D eigenvalue weighted by molar-refractivity contribution is -0.159. The Bertz CT molecular complexity index is 311. The molecular weight excluding hydrogens is 206 g/mol. The highest BCUT2D eigenvalue weighted by molar-refractivity contribution is 5.84. The molecule has 16 heavy (non-hydrogen) atoms. The number of hydrogen-bond donors (Lipinski definition) is 1. The molecule has 1 N–H and O–H groups in total. The Hall–Kier alpha value is -1.06. The minimum atomic E-state index is -0.571. The normalized spacial score (nSPS) is 32.2. The topological polar surface area (TPSA) is 55.4 Å². The van der Waals surface area contributed by atoms with Gasteiger partial charge in [-0.2, -0.15) is 0 Å². The molecule has 0 heterocycles. The third-order valence-electron chi connectivity index (χ3n) is 4.43. The van der Waals surface area contributed by atoms with Crippen LogP contribution in [0.15, 0.2) is 0 Å². The lowest BCUT2D eigenvalue weighted by Crippen LogP contribution is -2.45. The van der Waals surface area contributed by atoms with Crippen LogP contribution in [0.4, 0.5) is 0 Å². The van der Waals surface area contributed by atoms with Crippen LogP contribution in [-0.4, -0.2) is 26.0 Å². The number of amides is 1. The summed E-state index contributed by atoms with van der Waals surface area (Å²) in [4.78, 5) is 23.6. The summed E-state index contributed by atoms with van der Waals surface area (Å²) in [6.45, 7) is 5.83. The predicted octanol–water partition coefficient (Wildman–Crippen LogP) is 1.35. The van der Waals surface area contributed by atoms with E-state index in [1.54, 1.807) is 7.05 Å². The van der Waals surface area contributed by atoms with E-state index in [4.69, 9.17) is 4.74 Å². The van der Waals surface area contributed by atoms with Crippen molar-refractivity contribution < 1.29 is 14.3 Å². The van der Waals surface area contributed by atoms with Gasteiger partial charge in [0.25, 0.3) is 0 Å². The minimum Gasteiger partial charge on any atom is -0.469 e. The highest BCUT2D eigenvalue weighted by atomic mass is 16.5. The van der Waals surface area contributed by atoms with Crippen molar-refractivity contribution in [2.24, 2.45) is 16.7 Å². The van der Waals surface area contributed by atoms with E-state index in [1.807, 2.05) is 20.8 Å². The second-order valence-electron chi connectivity index (χ2n) is 5.25. The van der Waals surface area contributed by atoms with Gasteiger partial charge in [-0.05, 0) is 25.2 Å². The first kappa shape index (κ1) is 13.0. The van der Waals surface area contributed by atoms with Gasteiger partial charge in [-0.1, -0.05) is 13.8 Å². The van der Waals surface area contributed by atoms with Gasteiger partial charge in [0.15, 0.2) is 0 Å². The van der Waals surface area contributed by atoms with Gasteiger partial charge in [0, 0.05) is 13.0 Å². The van der Waals surface area contributed by atoms with Crippen molar-refractivity contribution in [2.75, 3.05) is 14.2 Å². The van der Waals surface area contributed by atoms with E-state index in [1.165, 1.54) is 7.11 Å². The summed E-state index contributed by atoms with van der Waals surface area (Å²) in [6.07, 6.45) is 1.43. The molecule has 4 nitrogen and oxygen atoms in total. The zero-order chi connectivity index (χ0) is 12.6. The van der Waals surface area contributed by atoms with Crippen LogP contribution in [0.2, 0.25) is 0 Å². The fourth-order valence-electron chi connectivity index (χ4n) is 2.72. The van der Waals surface area contributed by atoms with Gasteiger partial charge in [-0.25, -0.2) is 0 Å². The summed E-state index contributed by atoms with van der Waals surface area (Å²) in [7, 11) is 3.03. The highest BCUT2D eigenvalue weighted by Gasteiger charge is 2.58. The average Bonchev–Trinajstić information content (AvgIpc) is 2.49. The van der Waals surface area contributed by atoms with Gasteiger partial charge in [-0.3, -0.25) is 9.59 Å². The Labute approximate surface area is 96.7 Å². The first-order chi connectivity index (χ1) is 7.31. The molecule has 0 saturated heterocycles. The van der Waals surface area contributed by atoms with Crippen molar-refractivity contribution >= 4 is 11.9 Å². The van der Waals surface area contributed by atoms with E-state index < -0.39 is 5.41 Å². The Balaban J connectivity index is 3.03. The molecule has 0 radical (unpaired) electrons. The maximum absolute atomic E-state index is 11.9. The second-order valence-corrected chi connectivity index (χ2v) is 5.25. The van der Waals surface area contributed by atoms with Gasteiger partial charge in [0.1, 0.15) is 0 Å². The number of hydrogen-bond acceptors (Lipinski definition) is 3. The molecule has 1 fully saturated rings. The van der Waals surface area contributed by atoms with Crippen LogP contribution in [0.1, 0.15) is 33.6 Å². The molecule has 0 bridgehead atoms. The van der Waals surface area contributed by atoms with Crippen molar-refractivity contribution in [2.45, 2.75) is 33.6 Å². The summed E-state index contributed by atoms with van der Waals surface area (Å²) in [5.74, 6) is -0.330. The van der Waals surface area contributed by atoms with Crippen LogP contribution in [0, 0.1) is 16.7 Å². The number of nitrogens with one attached hydrogen (secondary N) is 1. The third-order valence-corrected chi connectivity index (χ3v) is 4.43. The summed E-state index contributed by atoms with van der Waals surface area (Å²) in [6, 6.07) is 0. The second kappa shape index (κ2) is 4.07. The lowest BCUT2D eigenvalue weighted by Gasteiger charge is -2.38. The Morgan fingerprint density at radius 3 is 2.31 bits per heavy atom. The fourth-order valence-corrected chi connectivity index (χ4v) is 2.72. The Morgan fingerprint density at radius 1 is 1.31 bits per heavy atom. The highest BCUT2D eigenvalue weighted by Crippen LogP contribution is 2.56. The van der Waals surface area contributed by atoms with Crippen LogP contribution in [0.5, 0.6) is 0 Å². The molecule has 0 aromatic rings. The van der Waals surface area contributed by atoms with Crippen LogP contribution < -0.4 is 5.32 Å². The maximum Gasteiger partial charge on any atom is 0.312 e. The molecule has 1 rings (SSSR count). The van der Waals surface area contributed by atoms with Gasteiger partial charge < -0.3 is 10.1 Å². The molecule has 0 aliphatic heterocycles. The molecule has 1 aliphatic rings. The number of esters is 1. The molecular formula is C12H21NO3. The average molecular weight is 227 g/mol. The Kier molecular flexibility index (Phi) is 3.31. The first-order valence-corrected chi connectivity index (χ1v) is 5.61. The van der Waals surface area contributed by atoms with Gasteiger partial charge in [-0.15, -0.1) is 0 Å². The summed E-state index contributed by atoms with van der Waals surface area (Å²) in [5, 5.41) is 2.67. The maximum atomic E-state index is 11.9. The van der Waals surface area contributed by atoms with Crippen LogP contribution in [-0.2, 0) is 14.3 Å². The van der Waals surface area contributed by atoms with Crippen molar-refractivity contribution in [1.82, 2.24) is 5.32 Å². The molecule has 2 atom stereocenters. The van der Waals surface area contributed by atoms with Gasteiger partial charge >= 0.3 is 5.97 Å². The summed E-state index contributed by atoms with van der Waals surface area (Å²) >= 11 is 0. The lowest BCUT2D eigenvalue weighted by atomic mass is 9.65. The van der Waals surface area contributed by atoms with E-state index >= 15 is 0 Å². The molecule has 0 aromatic heterocycles. The van der Waals surface area contributed by atoms with Gasteiger partial charge in [0.2, 0.25) is 5.91 Å². The van der Waals surface area contributed by atoms with Gasteiger partial charge in [0.05, 0.1) is 12.5 Å². The SMILES string of the molecule is CNC(=O)C1CCC(C)(C(=O)OC)C1(C)C. The standard InChI is InChI=1S/C12H21NO3/c1-11(2)8(9(14)13-4)6-7-12(11,3)10(15)16-5/h8H,6-7H2,1-5H3,(H,13,14). The zero-order valence-corrected chi connectivity index (χ0v) is 10.7. The molecule has 1 amide bonds. The fraction of sp³-hybridized carbons (Fsp3) is 0.833.